The summed E-state index contributed by atoms with van der Waals surface area (Å²) in [6.07, 6.45) is 38.0. The summed E-state index contributed by atoms with van der Waals surface area (Å²) in [5.74, 6) is -0.606. The summed E-state index contributed by atoms with van der Waals surface area (Å²) in [4.78, 5) is 24.1. The van der Waals surface area contributed by atoms with Crippen LogP contribution in [0, 0.1) is 0 Å². The Morgan fingerprint density at radius 3 is 1.36 bits per heavy atom. The minimum absolute atomic E-state index is 0.0692. The summed E-state index contributed by atoms with van der Waals surface area (Å²) >= 11 is 0. The number of unbranched alkanes of at least 4 members (excludes halogenated alkanes) is 20. The highest BCUT2D eigenvalue weighted by atomic mass is 16.6. The van der Waals surface area contributed by atoms with Gasteiger partial charge in [0.1, 0.15) is 6.61 Å². The molecule has 0 aliphatic rings. The fourth-order valence-corrected chi connectivity index (χ4v) is 4.94. The molecule has 0 rings (SSSR count). The molecule has 1 N–H and O–H groups in total. The monoisotopic (exact) mass is 593 g/mol. The first-order chi connectivity index (χ1) is 20.6. The molecule has 42 heavy (non-hydrogen) atoms. The van der Waals surface area contributed by atoms with Crippen molar-refractivity contribution in [3.8, 4) is 0 Å². The number of aliphatic hydroxyl groups is 1. The van der Waals surface area contributed by atoms with Gasteiger partial charge in [0.2, 0.25) is 0 Å². The molecule has 0 aliphatic heterocycles. The van der Waals surface area contributed by atoms with E-state index in [0.29, 0.717) is 12.8 Å². The summed E-state index contributed by atoms with van der Waals surface area (Å²) in [7, 11) is 0. The van der Waals surface area contributed by atoms with Crippen molar-refractivity contribution in [3.05, 3.63) is 24.3 Å². The van der Waals surface area contributed by atoms with Gasteiger partial charge >= 0.3 is 11.9 Å². The molecule has 0 aromatic heterocycles. The maximum absolute atomic E-state index is 12.1. The van der Waals surface area contributed by atoms with Crippen molar-refractivity contribution in [2.75, 3.05) is 13.2 Å². The van der Waals surface area contributed by atoms with Crippen molar-refractivity contribution < 1.29 is 24.2 Å². The first-order valence-corrected chi connectivity index (χ1v) is 17.9. The van der Waals surface area contributed by atoms with Crippen molar-refractivity contribution in [2.45, 2.75) is 187 Å². The Bertz CT molecular complexity index is 642. The van der Waals surface area contributed by atoms with E-state index in [4.69, 9.17) is 9.47 Å². The van der Waals surface area contributed by atoms with Crippen LogP contribution in [0.5, 0.6) is 0 Å². The standard InChI is InChI=1S/C37H68O5/c1-3-5-7-9-11-13-15-16-17-18-19-20-22-23-25-27-29-31-36(39)41-34-35(33-38)42-37(40)32-30-28-26-24-21-14-12-10-8-6-4-2/h10,12,16-17,35,38H,3-9,11,13-15,18-34H2,1-2H3/b12-10+,17-16+/t35-/m0/s1. The van der Waals surface area contributed by atoms with Crippen LogP contribution in [0.4, 0.5) is 0 Å². The molecule has 0 fully saturated rings. The Balaban J connectivity index is 3.56. The van der Waals surface area contributed by atoms with Crippen LogP contribution in [0.3, 0.4) is 0 Å². The fourth-order valence-electron chi connectivity index (χ4n) is 4.94. The average Bonchev–Trinajstić information content (AvgIpc) is 2.99. The zero-order valence-electron chi connectivity index (χ0n) is 27.8. The third-order valence-electron chi connectivity index (χ3n) is 7.72. The van der Waals surface area contributed by atoms with Crippen LogP contribution >= 0.6 is 0 Å². The smallest absolute Gasteiger partial charge is 0.306 e. The normalized spacial score (nSPS) is 12.4. The Hall–Kier alpha value is -1.62. The van der Waals surface area contributed by atoms with Gasteiger partial charge in [-0.15, -0.1) is 0 Å². The summed E-state index contributed by atoms with van der Waals surface area (Å²) < 4.78 is 10.5. The fraction of sp³-hybridized carbons (Fsp3) is 0.838. The number of hydrogen-bond donors (Lipinski definition) is 1. The van der Waals surface area contributed by atoms with E-state index in [1.54, 1.807) is 0 Å². The van der Waals surface area contributed by atoms with Crippen molar-refractivity contribution in [2.24, 2.45) is 0 Å². The molecule has 0 aromatic rings. The number of ether oxygens (including phenoxy) is 2. The molecule has 0 spiro atoms. The Labute approximate surface area is 260 Å². The zero-order valence-corrected chi connectivity index (χ0v) is 27.8. The van der Waals surface area contributed by atoms with Crippen LogP contribution in [-0.2, 0) is 19.1 Å². The van der Waals surface area contributed by atoms with Gasteiger partial charge in [-0.2, -0.15) is 0 Å². The Morgan fingerprint density at radius 2 is 0.905 bits per heavy atom. The average molecular weight is 593 g/mol. The van der Waals surface area contributed by atoms with Gasteiger partial charge in [-0.3, -0.25) is 9.59 Å². The van der Waals surface area contributed by atoms with Crippen LogP contribution < -0.4 is 0 Å². The van der Waals surface area contributed by atoms with Crippen LogP contribution in [0.15, 0.2) is 24.3 Å². The second-order valence-corrected chi connectivity index (χ2v) is 11.9. The van der Waals surface area contributed by atoms with Crippen molar-refractivity contribution in [3.63, 3.8) is 0 Å². The van der Waals surface area contributed by atoms with Gasteiger partial charge in [0.15, 0.2) is 6.10 Å². The van der Waals surface area contributed by atoms with Crippen molar-refractivity contribution >= 4 is 11.9 Å². The molecule has 0 bridgehead atoms. The molecule has 0 radical (unpaired) electrons. The van der Waals surface area contributed by atoms with Crippen LogP contribution in [0.25, 0.3) is 0 Å². The topological polar surface area (TPSA) is 72.8 Å². The largest absolute Gasteiger partial charge is 0.462 e. The number of rotatable bonds is 32. The van der Waals surface area contributed by atoms with E-state index in [9.17, 15) is 14.7 Å². The SMILES string of the molecule is CCCC/C=C/CCCCCCCC(=O)O[C@@H](CO)COC(=O)CCCCCCCCC/C=C/CCCCCCCC. The maximum atomic E-state index is 12.1. The summed E-state index contributed by atoms with van der Waals surface area (Å²) in [5, 5.41) is 9.50. The molecule has 5 heteroatoms. The molecule has 0 unspecified atom stereocenters. The summed E-state index contributed by atoms with van der Waals surface area (Å²) in [6, 6.07) is 0. The van der Waals surface area contributed by atoms with Gasteiger partial charge in [0.05, 0.1) is 6.61 Å². The van der Waals surface area contributed by atoms with Gasteiger partial charge in [-0.25, -0.2) is 0 Å². The molecule has 0 amide bonds. The molecule has 246 valence electrons. The second-order valence-electron chi connectivity index (χ2n) is 11.9. The number of esters is 2. The molecule has 0 aromatic carbocycles. The van der Waals surface area contributed by atoms with Gasteiger partial charge < -0.3 is 14.6 Å². The number of aliphatic hydroxyl groups excluding tert-OH is 1. The zero-order chi connectivity index (χ0) is 30.8. The lowest BCUT2D eigenvalue weighted by Crippen LogP contribution is -2.28. The Morgan fingerprint density at radius 1 is 0.524 bits per heavy atom. The predicted molar refractivity (Wildman–Crippen MR) is 178 cm³/mol. The van der Waals surface area contributed by atoms with E-state index in [0.717, 1.165) is 44.9 Å². The van der Waals surface area contributed by atoms with Gasteiger partial charge in [-0.1, -0.05) is 134 Å². The minimum Gasteiger partial charge on any atom is -0.462 e. The quantitative estimate of drug-likeness (QED) is 0.0478. The van der Waals surface area contributed by atoms with E-state index in [-0.39, 0.29) is 25.2 Å². The highest BCUT2D eigenvalue weighted by molar-refractivity contribution is 5.70. The second kappa shape index (κ2) is 33.9. The number of carbonyl (C=O) groups excluding carboxylic acids is 2. The summed E-state index contributed by atoms with van der Waals surface area (Å²) in [5.41, 5.74) is 0. The van der Waals surface area contributed by atoms with E-state index in [2.05, 4.69) is 38.2 Å². The highest BCUT2D eigenvalue weighted by Crippen LogP contribution is 2.13. The molecule has 0 aliphatic carbocycles. The predicted octanol–water partition coefficient (Wildman–Crippen LogP) is 10.7. The lowest BCUT2D eigenvalue weighted by molar-refractivity contribution is -0.161. The molecule has 0 saturated heterocycles. The minimum atomic E-state index is -0.772. The molecular formula is C37H68O5. The maximum Gasteiger partial charge on any atom is 0.306 e. The first kappa shape index (κ1) is 40.4. The number of allylic oxidation sites excluding steroid dienone is 4. The van der Waals surface area contributed by atoms with Gasteiger partial charge in [-0.05, 0) is 57.8 Å². The van der Waals surface area contributed by atoms with Gasteiger partial charge in [0, 0.05) is 12.8 Å². The van der Waals surface area contributed by atoms with Crippen molar-refractivity contribution in [1.82, 2.24) is 0 Å². The van der Waals surface area contributed by atoms with Crippen LogP contribution in [0.2, 0.25) is 0 Å². The van der Waals surface area contributed by atoms with Gasteiger partial charge in [0.25, 0.3) is 0 Å². The highest BCUT2D eigenvalue weighted by Gasteiger charge is 2.16. The van der Waals surface area contributed by atoms with Crippen LogP contribution in [-0.4, -0.2) is 36.4 Å². The van der Waals surface area contributed by atoms with E-state index >= 15 is 0 Å². The summed E-state index contributed by atoms with van der Waals surface area (Å²) in [6.45, 7) is 4.07. The van der Waals surface area contributed by atoms with Crippen LogP contribution in [0.1, 0.15) is 181 Å². The lowest BCUT2D eigenvalue weighted by Gasteiger charge is -2.15. The van der Waals surface area contributed by atoms with Crippen molar-refractivity contribution in [1.29, 1.82) is 0 Å². The molecule has 1 atom stereocenters. The number of carbonyl (C=O) groups is 2. The third-order valence-corrected chi connectivity index (χ3v) is 7.72. The third kappa shape index (κ3) is 31.3. The first-order valence-electron chi connectivity index (χ1n) is 17.9. The molecule has 0 heterocycles. The molecule has 0 saturated carbocycles. The Kier molecular flexibility index (Phi) is 32.6. The van der Waals surface area contributed by atoms with E-state index in [1.807, 2.05) is 0 Å². The lowest BCUT2D eigenvalue weighted by atomic mass is 10.1. The van der Waals surface area contributed by atoms with E-state index in [1.165, 1.54) is 109 Å². The van der Waals surface area contributed by atoms with E-state index < -0.39 is 6.10 Å². The molecular weight excluding hydrogens is 524 g/mol. The number of hydrogen-bond acceptors (Lipinski definition) is 5. The molecule has 5 nitrogen and oxygen atoms in total.